The van der Waals surface area contributed by atoms with E-state index in [0.717, 1.165) is 23.1 Å². The first-order valence-corrected chi connectivity index (χ1v) is 11.9. The lowest BCUT2D eigenvalue weighted by Gasteiger charge is -2.36. The lowest BCUT2D eigenvalue weighted by atomic mass is 10.0. The van der Waals surface area contributed by atoms with Crippen LogP contribution in [0.2, 0.25) is 0 Å². The Bertz CT molecular complexity index is 1500. The summed E-state index contributed by atoms with van der Waals surface area (Å²) in [7, 11) is 0. The maximum atomic E-state index is 13.7. The highest BCUT2D eigenvalue weighted by Gasteiger charge is 2.31. The van der Waals surface area contributed by atoms with Crippen molar-refractivity contribution in [1.29, 1.82) is 0 Å². The molecule has 1 amide bonds. The lowest BCUT2D eigenvalue weighted by Crippen LogP contribution is -2.48. The van der Waals surface area contributed by atoms with E-state index in [1.807, 2.05) is 47.4 Å². The van der Waals surface area contributed by atoms with Crippen molar-refractivity contribution in [2.75, 3.05) is 37.9 Å². The van der Waals surface area contributed by atoms with Gasteiger partial charge >= 0.3 is 6.18 Å². The van der Waals surface area contributed by atoms with Crippen LogP contribution in [0.4, 0.5) is 18.9 Å². The van der Waals surface area contributed by atoms with E-state index in [1.165, 1.54) is 6.07 Å². The number of aromatic nitrogens is 1. The monoisotopic (exact) mass is 505 g/mol. The topological polar surface area (TPSA) is 54.9 Å². The van der Waals surface area contributed by atoms with Crippen molar-refractivity contribution in [2.45, 2.75) is 6.18 Å². The van der Waals surface area contributed by atoms with Gasteiger partial charge in [0.15, 0.2) is 11.5 Å². The quantitative estimate of drug-likeness (QED) is 0.362. The number of fused-ring (bicyclic) bond motifs is 2. The Morgan fingerprint density at radius 1 is 0.838 bits per heavy atom. The number of carbonyl (C=O) groups excluding carboxylic acids is 1. The van der Waals surface area contributed by atoms with Gasteiger partial charge in [-0.3, -0.25) is 4.79 Å². The van der Waals surface area contributed by atoms with Crippen LogP contribution in [0.1, 0.15) is 15.9 Å². The number of amides is 1. The summed E-state index contributed by atoms with van der Waals surface area (Å²) in [5.41, 5.74) is 2.50. The van der Waals surface area contributed by atoms with Crippen LogP contribution in [0, 0.1) is 0 Å². The van der Waals surface area contributed by atoms with Gasteiger partial charge in [-0.25, -0.2) is 4.98 Å². The van der Waals surface area contributed by atoms with E-state index < -0.39 is 11.7 Å². The Hall–Kier alpha value is -4.27. The van der Waals surface area contributed by atoms with Crippen LogP contribution in [0.3, 0.4) is 0 Å². The first-order chi connectivity index (χ1) is 17.9. The standard InChI is InChI=1S/C28H22F3N3O3/c29-28(30,31)19-4-3-5-20(15-19)33-10-12-34(13-11-33)27(35)22-16-24(32-23-7-2-1-6-21(22)23)18-8-9-25-26(14-18)37-17-36-25/h1-9,14-16H,10-13,17H2. The zero-order valence-electron chi connectivity index (χ0n) is 19.7. The van der Waals surface area contributed by atoms with E-state index in [9.17, 15) is 18.0 Å². The predicted molar refractivity (Wildman–Crippen MR) is 133 cm³/mol. The zero-order valence-corrected chi connectivity index (χ0v) is 19.7. The lowest BCUT2D eigenvalue weighted by molar-refractivity contribution is -0.137. The maximum Gasteiger partial charge on any atom is 0.416 e. The summed E-state index contributed by atoms with van der Waals surface area (Å²) < 4.78 is 50.3. The minimum Gasteiger partial charge on any atom is -0.454 e. The van der Waals surface area contributed by atoms with Gasteiger partial charge in [-0.05, 0) is 48.5 Å². The van der Waals surface area contributed by atoms with E-state index in [2.05, 4.69) is 0 Å². The van der Waals surface area contributed by atoms with Crippen molar-refractivity contribution in [1.82, 2.24) is 9.88 Å². The minimum absolute atomic E-state index is 0.135. The van der Waals surface area contributed by atoms with Crippen molar-refractivity contribution >= 4 is 22.5 Å². The third-order valence-electron chi connectivity index (χ3n) is 6.72. The second-order valence-electron chi connectivity index (χ2n) is 8.97. The molecule has 3 aromatic carbocycles. The molecular formula is C28H22F3N3O3. The number of para-hydroxylation sites is 1. The molecule has 1 saturated heterocycles. The molecule has 6 rings (SSSR count). The van der Waals surface area contributed by atoms with Crippen LogP contribution in [-0.2, 0) is 6.18 Å². The fourth-order valence-corrected chi connectivity index (χ4v) is 4.77. The summed E-state index contributed by atoms with van der Waals surface area (Å²) in [5.74, 6) is 1.16. The highest BCUT2D eigenvalue weighted by atomic mass is 19.4. The molecule has 37 heavy (non-hydrogen) atoms. The molecule has 188 valence electrons. The second-order valence-corrected chi connectivity index (χ2v) is 8.97. The molecule has 9 heteroatoms. The maximum absolute atomic E-state index is 13.7. The van der Waals surface area contributed by atoms with Gasteiger partial charge in [-0.15, -0.1) is 0 Å². The molecule has 6 nitrogen and oxygen atoms in total. The molecule has 0 saturated carbocycles. The van der Waals surface area contributed by atoms with Gasteiger partial charge in [-0.1, -0.05) is 24.3 Å². The molecule has 0 atom stereocenters. The summed E-state index contributed by atoms with van der Waals surface area (Å²) in [6, 6.07) is 20.1. The number of carbonyl (C=O) groups is 1. The number of rotatable bonds is 3. The van der Waals surface area contributed by atoms with Crippen molar-refractivity contribution in [3.63, 3.8) is 0 Å². The fourth-order valence-electron chi connectivity index (χ4n) is 4.77. The van der Waals surface area contributed by atoms with Crippen molar-refractivity contribution in [3.8, 4) is 22.8 Å². The number of ether oxygens (including phenoxy) is 2. The number of piperazine rings is 1. The van der Waals surface area contributed by atoms with Crippen LogP contribution in [-0.4, -0.2) is 48.8 Å². The van der Waals surface area contributed by atoms with Crippen LogP contribution in [0.5, 0.6) is 11.5 Å². The molecular weight excluding hydrogens is 483 g/mol. The molecule has 1 fully saturated rings. The van der Waals surface area contributed by atoms with Gasteiger partial charge in [0, 0.05) is 42.8 Å². The first-order valence-electron chi connectivity index (χ1n) is 11.9. The van der Waals surface area contributed by atoms with Crippen molar-refractivity contribution in [3.05, 3.63) is 83.9 Å². The number of pyridine rings is 1. The third kappa shape index (κ3) is 4.41. The Morgan fingerprint density at radius 2 is 1.62 bits per heavy atom. The Morgan fingerprint density at radius 3 is 2.43 bits per heavy atom. The molecule has 0 N–H and O–H groups in total. The molecule has 2 aliphatic rings. The molecule has 0 spiro atoms. The fraction of sp³-hybridized carbons (Fsp3) is 0.214. The van der Waals surface area contributed by atoms with Crippen LogP contribution < -0.4 is 14.4 Å². The summed E-state index contributed by atoms with van der Waals surface area (Å²) >= 11 is 0. The summed E-state index contributed by atoms with van der Waals surface area (Å²) in [4.78, 5) is 22.1. The molecule has 0 unspecified atom stereocenters. The van der Waals surface area contributed by atoms with E-state index in [1.54, 1.807) is 17.0 Å². The summed E-state index contributed by atoms with van der Waals surface area (Å²) in [6.07, 6.45) is -4.40. The number of nitrogens with zero attached hydrogens (tertiary/aromatic N) is 3. The van der Waals surface area contributed by atoms with Crippen molar-refractivity contribution in [2.24, 2.45) is 0 Å². The molecule has 0 aliphatic carbocycles. The Kier molecular flexibility index (Phi) is 5.62. The normalized spacial score (nSPS) is 15.3. The van der Waals surface area contributed by atoms with Crippen LogP contribution in [0.15, 0.2) is 72.8 Å². The van der Waals surface area contributed by atoms with Gasteiger partial charge in [0.25, 0.3) is 5.91 Å². The SMILES string of the molecule is O=C(c1cc(-c2ccc3c(c2)OCO3)nc2ccccc12)N1CCN(c2cccc(C(F)(F)F)c2)CC1. The molecule has 4 aromatic rings. The van der Waals surface area contributed by atoms with Crippen molar-refractivity contribution < 1.29 is 27.4 Å². The second kappa shape index (κ2) is 8.99. The predicted octanol–water partition coefficient (Wildman–Crippen LogP) is 5.61. The van der Waals surface area contributed by atoms with E-state index in [0.29, 0.717) is 60.1 Å². The number of hydrogen-bond donors (Lipinski definition) is 0. The molecule has 3 heterocycles. The highest BCUT2D eigenvalue weighted by molar-refractivity contribution is 6.07. The first kappa shape index (κ1) is 23.1. The average Bonchev–Trinajstić information content (AvgIpc) is 3.40. The number of benzene rings is 3. The summed E-state index contributed by atoms with van der Waals surface area (Å²) in [6.45, 7) is 1.83. The smallest absolute Gasteiger partial charge is 0.416 e. The van der Waals surface area contributed by atoms with Gasteiger partial charge in [0.05, 0.1) is 22.3 Å². The summed E-state index contributed by atoms with van der Waals surface area (Å²) in [5, 5.41) is 0.748. The minimum atomic E-state index is -4.40. The largest absolute Gasteiger partial charge is 0.454 e. The van der Waals surface area contributed by atoms with Crippen LogP contribution >= 0.6 is 0 Å². The third-order valence-corrected chi connectivity index (χ3v) is 6.72. The average molecular weight is 505 g/mol. The number of anilines is 1. The molecule has 2 aliphatic heterocycles. The Labute approximate surface area is 210 Å². The number of halogens is 3. The van der Waals surface area contributed by atoms with Crippen LogP contribution in [0.25, 0.3) is 22.2 Å². The molecule has 0 bridgehead atoms. The molecule has 0 radical (unpaired) electrons. The highest BCUT2D eigenvalue weighted by Crippen LogP contribution is 2.37. The van der Waals surface area contributed by atoms with Gasteiger partial charge in [0.1, 0.15) is 0 Å². The van der Waals surface area contributed by atoms with Gasteiger partial charge in [0.2, 0.25) is 6.79 Å². The molecule has 1 aromatic heterocycles. The van der Waals surface area contributed by atoms with E-state index in [4.69, 9.17) is 14.5 Å². The van der Waals surface area contributed by atoms with Gasteiger partial charge < -0.3 is 19.3 Å². The zero-order chi connectivity index (χ0) is 25.6. The van der Waals surface area contributed by atoms with E-state index >= 15 is 0 Å². The van der Waals surface area contributed by atoms with Gasteiger partial charge in [-0.2, -0.15) is 13.2 Å². The Balaban J connectivity index is 1.27. The van der Waals surface area contributed by atoms with E-state index in [-0.39, 0.29) is 12.7 Å². The number of hydrogen-bond acceptors (Lipinski definition) is 5. The number of alkyl halides is 3.